The number of nitrogens with zero attached hydrogens (tertiary/aromatic N) is 2. The number of amides is 2. The first-order chi connectivity index (χ1) is 17.0. The molecule has 0 unspecified atom stereocenters. The zero-order valence-electron chi connectivity index (χ0n) is 19.9. The van der Waals surface area contributed by atoms with Gasteiger partial charge in [0.1, 0.15) is 18.3 Å². The number of anilines is 1. The highest BCUT2D eigenvalue weighted by atomic mass is 16.5. The van der Waals surface area contributed by atoms with Crippen LogP contribution >= 0.6 is 0 Å². The molecule has 3 rings (SSSR count). The smallest absolute Gasteiger partial charge is 0.282 e. The molecule has 0 saturated carbocycles. The summed E-state index contributed by atoms with van der Waals surface area (Å²) in [4.78, 5) is 42.5. The van der Waals surface area contributed by atoms with Crippen LogP contribution in [0.4, 0.5) is 5.69 Å². The van der Waals surface area contributed by atoms with E-state index in [9.17, 15) is 29.7 Å². The molecule has 2 amide bonds. The maximum absolute atomic E-state index is 13.4. The Morgan fingerprint density at radius 2 is 1.64 bits per heavy atom. The second-order valence-electron chi connectivity index (χ2n) is 8.53. The van der Waals surface area contributed by atoms with Crippen molar-refractivity contribution < 1.29 is 35.2 Å². The minimum Gasteiger partial charge on any atom is -0.394 e. The monoisotopic (exact) mass is 500 g/mol. The molecule has 0 aliphatic heterocycles. The Morgan fingerprint density at radius 1 is 0.972 bits per heavy atom. The predicted molar refractivity (Wildman–Crippen MR) is 129 cm³/mol. The van der Waals surface area contributed by atoms with Crippen LogP contribution in [0.1, 0.15) is 37.5 Å². The van der Waals surface area contributed by atoms with Gasteiger partial charge in [-0.05, 0) is 61.7 Å². The molecule has 3 atom stereocenters. The Hall–Kier alpha value is -3.68. The molecule has 192 valence electrons. The molecule has 0 bridgehead atoms. The van der Waals surface area contributed by atoms with Crippen LogP contribution in [0.5, 0.6) is 0 Å². The summed E-state index contributed by atoms with van der Waals surface area (Å²) in [5.41, 5.74) is 3.19. The van der Waals surface area contributed by atoms with Crippen molar-refractivity contribution in [1.29, 1.82) is 0 Å². The number of carbonyl (C=O) groups excluding carboxylic acids is 2. The van der Waals surface area contributed by atoms with E-state index in [1.54, 1.807) is 25.1 Å². The normalized spacial score (nSPS) is 13.8. The first-order valence-electron chi connectivity index (χ1n) is 11.0. The minimum atomic E-state index is -1.75. The Labute approximate surface area is 205 Å². The molecule has 12 nitrogen and oxygen atoms in total. The lowest BCUT2D eigenvalue weighted by atomic mass is 10.1. The second kappa shape index (κ2) is 10.9. The van der Waals surface area contributed by atoms with Gasteiger partial charge >= 0.3 is 0 Å². The van der Waals surface area contributed by atoms with Gasteiger partial charge in [-0.2, -0.15) is 0 Å². The summed E-state index contributed by atoms with van der Waals surface area (Å²) in [5.74, 6) is -1.68. The van der Waals surface area contributed by atoms with E-state index in [1.807, 2.05) is 13.8 Å². The van der Waals surface area contributed by atoms with Crippen LogP contribution in [0, 0.1) is 20.8 Å². The second-order valence-corrected chi connectivity index (χ2v) is 8.53. The van der Waals surface area contributed by atoms with E-state index in [2.05, 4.69) is 10.3 Å². The molecule has 0 fully saturated rings. The standard InChI is InChI=1S/C24H28N4O8/c1-11-4-5-14(22(33)27-36)8-15(11)26-23(34)20-24(35)28(9-18(30)21(32)19(31)10-29)17-7-13(3)12(2)6-16(17)25-20/h4-8,18-19,21,29-32,36H,9-10H2,1-3H3,(H,26,34)(H,27,33)/t18-,19+,21-/m0/s1. The molecule has 2 aromatic carbocycles. The fourth-order valence-electron chi connectivity index (χ4n) is 3.63. The van der Waals surface area contributed by atoms with Crippen molar-refractivity contribution in [3.63, 3.8) is 0 Å². The van der Waals surface area contributed by atoms with Gasteiger partial charge < -0.3 is 30.3 Å². The lowest BCUT2D eigenvalue weighted by molar-refractivity contribution is -0.0805. The minimum absolute atomic E-state index is 0.0629. The highest BCUT2D eigenvalue weighted by Crippen LogP contribution is 2.20. The van der Waals surface area contributed by atoms with Crippen molar-refractivity contribution in [3.8, 4) is 0 Å². The fraction of sp³-hybridized carbons (Fsp3) is 0.333. The van der Waals surface area contributed by atoms with Crippen LogP contribution < -0.4 is 16.4 Å². The number of carbonyl (C=O) groups is 2. The summed E-state index contributed by atoms with van der Waals surface area (Å²) in [6.45, 7) is 4.00. The molecule has 7 N–H and O–H groups in total. The first kappa shape index (κ1) is 26.9. The quantitative estimate of drug-likeness (QED) is 0.161. The molecule has 0 spiro atoms. The third-order valence-electron chi connectivity index (χ3n) is 5.97. The van der Waals surface area contributed by atoms with Crippen molar-refractivity contribution in [1.82, 2.24) is 15.0 Å². The molecule has 12 heteroatoms. The van der Waals surface area contributed by atoms with Gasteiger partial charge in [0.05, 0.1) is 24.2 Å². The van der Waals surface area contributed by atoms with Crippen LogP contribution in [-0.4, -0.2) is 71.9 Å². The summed E-state index contributed by atoms with van der Waals surface area (Å²) in [5, 5.41) is 50.7. The largest absolute Gasteiger partial charge is 0.394 e. The summed E-state index contributed by atoms with van der Waals surface area (Å²) in [6, 6.07) is 7.63. The molecule has 1 aromatic heterocycles. The number of hydrogen-bond donors (Lipinski definition) is 7. The maximum atomic E-state index is 13.4. The van der Waals surface area contributed by atoms with Crippen LogP contribution in [-0.2, 0) is 6.54 Å². The number of hydrogen-bond acceptors (Lipinski definition) is 9. The molecule has 0 saturated heterocycles. The lowest BCUT2D eigenvalue weighted by Crippen LogP contribution is -2.44. The Bertz CT molecular complexity index is 1370. The summed E-state index contributed by atoms with van der Waals surface area (Å²) in [7, 11) is 0. The number of benzene rings is 2. The van der Waals surface area contributed by atoms with E-state index in [0.29, 0.717) is 11.1 Å². The van der Waals surface area contributed by atoms with Crippen molar-refractivity contribution in [3.05, 3.63) is 68.6 Å². The molecule has 0 aliphatic carbocycles. The van der Waals surface area contributed by atoms with Gasteiger partial charge in [0.2, 0.25) is 0 Å². The van der Waals surface area contributed by atoms with E-state index in [1.165, 1.54) is 17.6 Å². The molecular weight excluding hydrogens is 472 g/mol. The molecule has 1 heterocycles. The van der Waals surface area contributed by atoms with E-state index >= 15 is 0 Å². The number of nitrogens with one attached hydrogen (secondary N) is 2. The summed E-state index contributed by atoms with van der Waals surface area (Å²) in [6.07, 6.45) is -5.04. The van der Waals surface area contributed by atoms with E-state index in [4.69, 9.17) is 10.3 Å². The van der Waals surface area contributed by atoms with Crippen LogP contribution in [0.25, 0.3) is 11.0 Å². The molecule has 0 aliphatic rings. The van der Waals surface area contributed by atoms with Crippen molar-refractivity contribution in [2.24, 2.45) is 0 Å². The zero-order chi connectivity index (χ0) is 26.7. The average Bonchev–Trinajstić information content (AvgIpc) is 2.86. The highest BCUT2D eigenvalue weighted by Gasteiger charge is 2.27. The van der Waals surface area contributed by atoms with Gasteiger partial charge in [0.25, 0.3) is 17.4 Å². The van der Waals surface area contributed by atoms with E-state index in [-0.39, 0.29) is 16.8 Å². The van der Waals surface area contributed by atoms with Gasteiger partial charge in [-0.3, -0.25) is 19.6 Å². The van der Waals surface area contributed by atoms with Gasteiger partial charge in [-0.1, -0.05) is 6.07 Å². The maximum Gasteiger partial charge on any atom is 0.282 e. The number of hydroxylamine groups is 1. The lowest BCUT2D eigenvalue weighted by Gasteiger charge is -2.23. The van der Waals surface area contributed by atoms with Crippen molar-refractivity contribution in [2.75, 3.05) is 11.9 Å². The number of aliphatic hydroxyl groups is 4. The van der Waals surface area contributed by atoms with E-state index < -0.39 is 54.5 Å². The average molecular weight is 501 g/mol. The number of aryl methyl sites for hydroxylation is 3. The highest BCUT2D eigenvalue weighted by molar-refractivity contribution is 6.05. The van der Waals surface area contributed by atoms with Gasteiger partial charge in [-0.15, -0.1) is 0 Å². The number of fused-ring (bicyclic) bond motifs is 1. The number of rotatable bonds is 8. The van der Waals surface area contributed by atoms with Crippen molar-refractivity contribution in [2.45, 2.75) is 45.6 Å². The summed E-state index contributed by atoms with van der Waals surface area (Å²) >= 11 is 0. The van der Waals surface area contributed by atoms with Gasteiger partial charge in [0, 0.05) is 11.3 Å². The zero-order valence-corrected chi connectivity index (χ0v) is 19.9. The molecular formula is C24H28N4O8. The van der Waals surface area contributed by atoms with Crippen LogP contribution in [0.15, 0.2) is 35.1 Å². The molecule has 3 aromatic rings. The van der Waals surface area contributed by atoms with Crippen LogP contribution in [0.3, 0.4) is 0 Å². The predicted octanol–water partition coefficient (Wildman–Crippen LogP) is -0.232. The third kappa shape index (κ3) is 5.42. The van der Waals surface area contributed by atoms with Crippen molar-refractivity contribution >= 4 is 28.5 Å². The number of aromatic nitrogens is 2. The van der Waals surface area contributed by atoms with Gasteiger partial charge in [0.15, 0.2) is 5.69 Å². The molecule has 36 heavy (non-hydrogen) atoms. The third-order valence-corrected chi connectivity index (χ3v) is 5.97. The van der Waals surface area contributed by atoms with Crippen LogP contribution in [0.2, 0.25) is 0 Å². The fourth-order valence-corrected chi connectivity index (χ4v) is 3.63. The number of aliphatic hydroxyl groups excluding tert-OH is 4. The topological polar surface area (TPSA) is 194 Å². The Kier molecular flexibility index (Phi) is 8.17. The van der Waals surface area contributed by atoms with Gasteiger partial charge in [-0.25, -0.2) is 10.5 Å². The Morgan fingerprint density at radius 3 is 2.28 bits per heavy atom. The summed E-state index contributed by atoms with van der Waals surface area (Å²) < 4.78 is 1.07. The first-order valence-corrected chi connectivity index (χ1v) is 11.0. The van der Waals surface area contributed by atoms with E-state index in [0.717, 1.165) is 15.7 Å². The SMILES string of the molecule is Cc1cc2nc(C(=O)Nc3cc(C(=O)NO)ccc3C)c(=O)n(C[C@H](O)[C@H](O)[C@H](O)CO)c2cc1C. The Balaban J connectivity index is 2.10. The molecule has 0 radical (unpaired) electrons.